The van der Waals surface area contributed by atoms with Crippen LogP contribution in [0.3, 0.4) is 0 Å². The fraction of sp³-hybridized carbons (Fsp3) is 0.296. The Morgan fingerprint density at radius 3 is 1.50 bits per heavy atom. The molecule has 0 aliphatic heterocycles. The van der Waals surface area contributed by atoms with Gasteiger partial charge < -0.3 is 15.3 Å². The first kappa shape index (κ1) is 33.9. The van der Waals surface area contributed by atoms with Crippen LogP contribution < -0.4 is 9.80 Å². The molecule has 0 amide bonds. The first-order chi connectivity index (χ1) is 17.9. The zero-order valence-corrected chi connectivity index (χ0v) is 23.8. The molecule has 0 aliphatic rings. The van der Waals surface area contributed by atoms with Crippen LogP contribution in [-0.2, 0) is 20.2 Å². The first-order valence-corrected chi connectivity index (χ1v) is 15.2. The SMILES string of the molecule is CCN(CC)c1ccc2c(-c3ccc(S(=O)(=O)O)cc3S(=O)(=O)O)c3ccc(N(CC)CC)cc3[o+]c2c1.[NaH].[OH-]. The number of rotatable bonds is 9. The normalized spacial score (nSPS) is 11.7. The number of hydrogen-bond acceptors (Lipinski definition) is 7. The molecule has 0 saturated carbocycles. The Kier molecular flexibility index (Phi) is 11.1. The number of fused-ring (bicyclic) bond motifs is 2. The molecule has 1 heterocycles. The summed E-state index contributed by atoms with van der Waals surface area (Å²) in [5, 5.41) is 1.15. The molecular formula is C27H33N2NaO8S2. The van der Waals surface area contributed by atoms with Gasteiger partial charge in [0, 0.05) is 48.7 Å². The molecule has 0 unspecified atom stereocenters. The molecule has 0 aliphatic carbocycles. The molecule has 0 spiro atoms. The van der Waals surface area contributed by atoms with Crippen molar-refractivity contribution in [3.63, 3.8) is 0 Å². The maximum Gasteiger partial charge on any atom is -0.870 e. The molecule has 0 bridgehead atoms. The molecule has 3 aromatic carbocycles. The van der Waals surface area contributed by atoms with Crippen LogP contribution >= 0.6 is 0 Å². The second-order valence-corrected chi connectivity index (χ2v) is 11.6. The summed E-state index contributed by atoms with van der Waals surface area (Å²) in [5.41, 5.74) is 3.37. The van der Waals surface area contributed by atoms with Crippen LogP contribution in [0.15, 0.2) is 68.8 Å². The number of benzene rings is 3. The largest absolute Gasteiger partial charge is 0.870 e. The summed E-state index contributed by atoms with van der Waals surface area (Å²) in [6.07, 6.45) is 0. The summed E-state index contributed by atoms with van der Waals surface area (Å²) in [5.74, 6) is 0. The molecule has 4 rings (SSSR count). The molecule has 13 heteroatoms. The van der Waals surface area contributed by atoms with Crippen molar-refractivity contribution in [3.05, 3.63) is 54.6 Å². The Bertz CT molecular complexity index is 1670. The maximum absolute atomic E-state index is 12.5. The Morgan fingerprint density at radius 1 is 0.675 bits per heavy atom. The number of nitrogens with zero attached hydrogens (tertiary/aromatic N) is 2. The maximum atomic E-state index is 12.5. The van der Waals surface area contributed by atoms with E-state index in [1.807, 2.05) is 64.1 Å². The molecule has 3 N–H and O–H groups in total. The Balaban J connectivity index is 0.00000280. The third-order valence-electron chi connectivity index (χ3n) is 6.74. The van der Waals surface area contributed by atoms with Gasteiger partial charge in [0.25, 0.3) is 20.2 Å². The predicted octanol–water partition coefficient (Wildman–Crippen LogP) is 4.89. The van der Waals surface area contributed by atoms with E-state index < -0.39 is 30.0 Å². The van der Waals surface area contributed by atoms with Gasteiger partial charge in [-0.1, -0.05) is 6.07 Å². The first-order valence-electron chi connectivity index (χ1n) is 12.4. The van der Waals surface area contributed by atoms with Gasteiger partial charge in [0.1, 0.15) is 4.90 Å². The number of anilines is 2. The van der Waals surface area contributed by atoms with Gasteiger partial charge in [-0.15, -0.1) is 0 Å². The van der Waals surface area contributed by atoms with Gasteiger partial charge in [0.05, 0.1) is 27.8 Å². The monoisotopic (exact) mass is 600 g/mol. The molecule has 0 saturated heterocycles. The molecule has 4 aromatic rings. The zero-order chi connectivity index (χ0) is 27.8. The van der Waals surface area contributed by atoms with Crippen LogP contribution in [0.25, 0.3) is 33.1 Å². The van der Waals surface area contributed by atoms with E-state index in [-0.39, 0.29) is 40.6 Å². The molecule has 0 fully saturated rings. The smallest absolute Gasteiger partial charge is 0.870 e. The van der Waals surface area contributed by atoms with Crippen LogP contribution in [0, 0.1) is 0 Å². The third-order valence-corrected chi connectivity index (χ3v) is 8.49. The molecule has 212 valence electrons. The molecule has 10 nitrogen and oxygen atoms in total. The number of hydrogen-bond donors (Lipinski definition) is 2. The van der Waals surface area contributed by atoms with E-state index in [0.29, 0.717) is 27.5 Å². The molecule has 0 atom stereocenters. The summed E-state index contributed by atoms with van der Waals surface area (Å²) in [6.45, 7) is 11.3. The average molecular weight is 601 g/mol. The van der Waals surface area contributed by atoms with Crippen LogP contribution in [0.1, 0.15) is 27.7 Å². The van der Waals surface area contributed by atoms with Gasteiger partial charge >= 0.3 is 40.7 Å². The minimum Gasteiger partial charge on any atom is -0.870 e. The van der Waals surface area contributed by atoms with Gasteiger partial charge in [-0.25, -0.2) is 4.42 Å². The van der Waals surface area contributed by atoms with Crippen LogP contribution in [0.2, 0.25) is 0 Å². The van der Waals surface area contributed by atoms with E-state index in [9.17, 15) is 25.9 Å². The van der Waals surface area contributed by atoms with E-state index >= 15 is 0 Å². The predicted molar refractivity (Wildman–Crippen MR) is 159 cm³/mol. The van der Waals surface area contributed by atoms with Crippen LogP contribution in [0.5, 0.6) is 0 Å². The summed E-state index contributed by atoms with van der Waals surface area (Å²) >= 11 is 0. The van der Waals surface area contributed by atoms with Crippen molar-refractivity contribution in [1.82, 2.24) is 0 Å². The van der Waals surface area contributed by atoms with Gasteiger partial charge in [-0.05, 0) is 64.1 Å². The minimum absolute atomic E-state index is 0. The summed E-state index contributed by atoms with van der Waals surface area (Å²) in [4.78, 5) is 3.02. The molecule has 0 radical (unpaired) electrons. The van der Waals surface area contributed by atoms with Crippen molar-refractivity contribution < 1.29 is 35.8 Å². The summed E-state index contributed by atoms with van der Waals surface area (Å²) in [6, 6.07) is 14.4. The van der Waals surface area contributed by atoms with Crippen LogP contribution in [0.4, 0.5) is 11.4 Å². The fourth-order valence-electron chi connectivity index (χ4n) is 4.81. The Hall–Kier alpha value is -2.29. The Labute approximate surface area is 256 Å². The second kappa shape index (κ2) is 13.1. The van der Waals surface area contributed by atoms with Crippen LogP contribution in [-0.4, -0.2) is 87.2 Å². The fourth-order valence-corrected chi connectivity index (χ4v) is 6.12. The minimum atomic E-state index is -4.88. The zero-order valence-electron chi connectivity index (χ0n) is 22.1. The third kappa shape index (κ3) is 6.60. The van der Waals surface area contributed by atoms with Crippen molar-refractivity contribution in [3.8, 4) is 11.1 Å². The van der Waals surface area contributed by atoms with Crippen molar-refractivity contribution in [1.29, 1.82) is 0 Å². The van der Waals surface area contributed by atoms with E-state index in [2.05, 4.69) is 9.80 Å². The quantitative estimate of drug-likeness (QED) is 0.117. The standard InChI is InChI=1S/C27H30N2O7S2.Na.H2O.H/c1-5-28(6-2)18-9-12-21-24(15-18)36-25-16-19(29(7-3)8-4)10-13-22(25)27(21)23-14-11-20(37(30,31)32)17-26(23)38(33,34)35;;;/h9-17H,5-8H2,1-4H3,(H-,30,31,32,33,34,35);;1H2;. The van der Waals surface area contributed by atoms with Gasteiger partial charge in [0.15, 0.2) is 0 Å². The summed E-state index contributed by atoms with van der Waals surface area (Å²) < 4.78 is 74.4. The van der Waals surface area contributed by atoms with Gasteiger partial charge in [-0.2, -0.15) is 16.8 Å². The summed E-state index contributed by atoms with van der Waals surface area (Å²) in [7, 11) is -9.60. The topological polar surface area (TPSA) is 157 Å². The average Bonchev–Trinajstić information content (AvgIpc) is 2.87. The van der Waals surface area contributed by atoms with E-state index in [1.165, 1.54) is 6.07 Å². The van der Waals surface area contributed by atoms with Gasteiger partial charge in [-0.3, -0.25) is 9.11 Å². The van der Waals surface area contributed by atoms with Crippen molar-refractivity contribution >= 4 is 83.1 Å². The van der Waals surface area contributed by atoms with E-state index in [1.54, 1.807) is 0 Å². The molecule has 40 heavy (non-hydrogen) atoms. The van der Waals surface area contributed by atoms with Crippen molar-refractivity contribution in [2.75, 3.05) is 36.0 Å². The second-order valence-electron chi connectivity index (χ2n) is 8.79. The Morgan fingerprint density at radius 2 is 1.12 bits per heavy atom. The molecular weight excluding hydrogens is 567 g/mol. The van der Waals surface area contributed by atoms with Crippen molar-refractivity contribution in [2.24, 2.45) is 0 Å². The van der Waals surface area contributed by atoms with E-state index in [4.69, 9.17) is 4.42 Å². The van der Waals surface area contributed by atoms with Crippen molar-refractivity contribution in [2.45, 2.75) is 37.5 Å². The van der Waals surface area contributed by atoms with E-state index in [0.717, 1.165) is 49.7 Å². The van der Waals surface area contributed by atoms with Gasteiger partial charge in [0.2, 0.25) is 0 Å². The molecule has 1 aromatic heterocycles.